The smallest absolute Gasteiger partial charge is 0.231 e. The van der Waals surface area contributed by atoms with Crippen LogP contribution in [0.2, 0.25) is 10.0 Å². The Morgan fingerprint density at radius 1 is 1.26 bits per heavy atom. The molecule has 0 amide bonds. The van der Waals surface area contributed by atoms with Crippen LogP contribution in [-0.4, -0.2) is 23.2 Å². The minimum atomic E-state index is 0.303. The molecule has 1 N–H and O–H groups in total. The fraction of sp³-hybridized carbons (Fsp3) is 0.385. The van der Waals surface area contributed by atoms with Crippen LogP contribution in [0, 0.1) is 0 Å². The predicted molar refractivity (Wildman–Crippen MR) is 74.6 cm³/mol. The molecule has 6 heteroatoms. The lowest BCUT2D eigenvalue weighted by atomic mass is 10.00. The quantitative estimate of drug-likeness (QED) is 0.921. The van der Waals surface area contributed by atoms with Crippen molar-refractivity contribution >= 4 is 23.2 Å². The highest BCUT2D eigenvalue weighted by atomic mass is 35.5. The Labute approximate surface area is 121 Å². The maximum Gasteiger partial charge on any atom is 0.231 e. The molecule has 19 heavy (non-hydrogen) atoms. The van der Waals surface area contributed by atoms with Crippen molar-refractivity contribution in [2.45, 2.75) is 18.8 Å². The van der Waals surface area contributed by atoms with Gasteiger partial charge in [0, 0.05) is 12.1 Å². The molecule has 1 unspecified atom stereocenters. The summed E-state index contributed by atoms with van der Waals surface area (Å²) in [5.74, 6) is 1.55. The summed E-state index contributed by atoms with van der Waals surface area (Å²) in [5, 5.41) is 8.36. The van der Waals surface area contributed by atoms with E-state index in [-0.39, 0.29) is 0 Å². The molecular weight excluding hydrogens is 285 g/mol. The number of piperidine rings is 1. The van der Waals surface area contributed by atoms with Crippen LogP contribution >= 0.6 is 23.2 Å². The SMILES string of the molecule is Clc1ccc(-c2noc(C3CCCNC3)n2)cc1Cl. The Hall–Kier alpha value is -1.10. The summed E-state index contributed by atoms with van der Waals surface area (Å²) >= 11 is 11.9. The average Bonchev–Trinajstić information content (AvgIpc) is 2.93. The summed E-state index contributed by atoms with van der Waals surface area (Å²) < 4.78 is 5.35. The molecule has 0 saturated carbocycles. The molecule has 1 fully saturated rings. The number of nitrogens with zero attached hydrogens (tertiary/aromatic N) is 2. The van der Waals surface area contributed by atoms with Crippen LogP contribution < -0.4 is 5.32 Å². The first kappa shape index (κ1) is 12.9. The van der Waals surface area contributed by atoms with Gasteiger partial charge in [0.2, 0.25) is 11.7 Å². The Morgan fingerprint density at radius 3 is 2.89 bits per heavy atom. The first-order chi connectivity index (χ1) is 9.24. The second-order valence-corrected chi connectivity index (χ2v) is 5.44. The summed E-state index contributed by atoms with van der Waals surface area (Å²) in [5.41, 5.74) is 0.813. The molecule has 0 spiro atoms. The molecule has 0 bridgehead atoms. The Morgan fingerprint density at radius 2 is 2.16 bits per heavy atom. The van der Waals surface area contributed by atoms with E-state index in [0.29, 0.717) is 27.7 Å². The zero-order valence-electron chi connectivity index (χ0n) is 10.2. The maximum absolute atomic E-state index is 5.99. The van der Waals surface area contributed by atoms with Crippen LogP contribution in [0.3, 0.4) is 0 Å². The van der Waals surface area contributed by atoms with Gasteiger partial charge in [0.25, 0.3) is 0 Å². The monoisotopic (exact) mass is 297 g/mol. The van der Waals surface area contributed by atoms with Crippen molar-refractivity contribution in [1.82, 2.24) is 15.5 Å². The lowest BCUT2D eigenvalue weighted by Crippen LogP contribution is -2.28. The van der Waals surface area contributed by atoms with Crippen LogP contribution in [-0.2, 0) is 0 Å². The molecule has 1 saturated heterocycles. The van der Waals surface area contributed by atoms with Gasteiger partial charge in [-0.3, -0.25) is 0 Å². The Balaban J connectivity index is 1.85. The lowest BCUT2D eigenvalue weighted by Gasteiger charge is -2.18. The van der Waals surface area contributed by atoms with E-state index in [0.717, 1.165) is 31.5 Å². The van der Waals surface area contributed by atoms with Crippen molar-refractivity contribution in [1.29, 1.82) is 0 Å². The fourth-order valence-corrected chi connectivity index (χ4v) is 2.51. The molecule has 100 valence electrons. The molecule has 1 aliphatic heterocycles. The minimum Gasteiger partial charge on any atom is -0.339 e. The number of benzene rings is 1. The van der Waals surface area contributed by atoms with Crippen molar-refractivity contribution in [2.24, 2.45) is 0 Å². The predicted octanol–water partition coefficient (Wildman–Crippen LogP) is 3.51. The molecule has 2 heterocycles. The molecule has 1 aromatic carbocycles. The standard InChI is InChI=1S/C13H13Cl2N3O/c14-10-4-3-8(6-11(10)15)12-17-13(19-18-12)9-2-1-5-16-7-9/h3-4,6,9,16H,1-2,5,7H2. The summed E-state index contributed by atoms with van der Waals surface area (Å²) in [6.45, 7) is 1.95. The molecule has 1 aliphatic rings. The maximum atomic E-state index is 5.99. The van der Waals surface area contributed by atoms with Crippen molar-refractivity contribution in [3.63, 3.8) is 0 Å². The average molecular weight is 298 g/mol. The second kappa shape index (κ2) is 5.49. The van der Waals surface area contributed by atoms with E-state index in [1.54, 1.807) is 12.1 Å². The zero-order valence-corrected chi connectivity index (χ0v) is 11.7. The van der Waals surface area contributed by atoms with Gasteiger partial charge in [-0.2, -0.15) is 4.98 Å². The van der Waals surface area contributed by atoms with Crippen molar-refractivity contribution in [3.05, 3.63) is 34.1 Å². The lowest BCUT2D eigenvalue weighted by molar-refractivity contribution is 0.322. The van der Waals surface area contributed by atoms with Crippen LogP contribution in [0.25, 0.3) is 11.4 Å². The third-order valence-electron chi connectivity index (χ3n) is 3.27. The summed E-state index contributed by atoms with van der Waals surface area (Å²) in [6, 6.07) is 5.32. The molecule has 0 radical (unpaired) electrons. The topological polar surface area (TPSA) is 51.0 Å². The minimum absolute atomic E-state index is 0.303. The molecule has 0 aliphatic carbocycles. The number of hydrogen-bond acceptors (Lipinski definition) is 4. The van der Waals surface area contributed by atoms with Crippen molar-refractivity contribution in [2.75, 3.05) is 13.1 Å². The molecule has 1 atom stereocenters. The first-order valence-electron chi connectivity index (χ1n) is 6.24. The Kier molecular flexibility index (Phi) is 3.73. The first-order valence-corrected chi connectivity index (χ1v) is 6.99. The molecule has 4 nitrogen and oxygen atoms in total. The van der Waals surface area contributed by atoms with Gasteiger partial charge in [-0.25, -0.2) is 0 Å². The fourth-order valence-electron chi connectivity index (χ4n) is 2.22. The zero-order chi connectivity index (χ0) is 13.2. The van der Waals surface area contributed by atoms with Gasteiger partial charge in [0.05, 0.1) is 16.0 Å². The van der Waals surface area contributed by atoms with E-state index in [1.165, 1.54) is 0 Å². The molecule has 2 aromatic rings. The van der Waals surface area contributed by atoms with E-state index >= 15 is 0 Å². The van der Waals surface area contributed by atoms with Crippen LogP contribution in [0.5, 0.6) is 0 Å². The van der Waals surface area contributed by atoms with Crippen LogP contribution in [0.1, 0.15) is 24.7 Å². The highest BCUT2D eigenvalue weighted by Crippen LogP contribution is 2.28. The van der Waals surface area contributed by atoms with E-state index in [4.69, 9.17) is 27.7 Å². The van der Waals surface area contributed by atoms with Crippen molar-refractivity contribution < 1.29 is 4.52 Å². The van der Waals surface area contributed by atoms with Crippen LogP contribution in [0.4, 0.5) is 0 Å². The number of halogens is 2. The van der Waals surface area contributed by atoms with Gasteiger partial charge in [-0.1, -0.05) is 28.4 Å². The second-order valence-electron chi connectivity index (χ2n) is 4.63. The molecule has 3 rings (SSSR count). The normalized spacial score (nSPS) is 19.6. The van der Waals surface area contributed by atoms with Gasteiger partial charge in [-0.05, 0) is 37.6 Å². The number of rotatable bonds is 2. The highest BCUT2D eigenvalue weighted by Gasteiger charge is 2.21. The molecular formula is C13H13Cl2N3O. The van der Waals surface area contributed by atoms with Gasteiger partial charge in [-0.15, -0.1) is 0 Å². The summed E-state index contributed by atoms with van der Waals surface area (Å²) in [6.07, 6.45) is 2.21. The summed E-state index contributed by atoms with van der Waals surface area (Å²) in [4.78, 5) is 4.46. The van der Waals surface area contributed by atoms with Gasteiger partial charge >= 0.3 is 0 Å². The third kappa shape index (κ3) is 2.76. The van der Waals surface area contributed by atoms with Gasteiger partial charge < -0.3 is 9.84 Å². The molecule has 1 aromatic heterocycles. The Bertz CT molecular complexity index is 579. The van der Waals surface area contributed by atoms with Gasteiger partial charge in [0.1, 0.15) is 0 Å². The number of aromatic nitrogens is 2. The number of nitrogens with one attached hydrogen (secondary N) is 1. The van der Waals surface area contributed by atoms with E-state index in [1.807, 2.05) is 6.07 Å². The van der Waals surface area contributed by atoms with Crippen molar-refractivity contribution in [3.8, 4) is 11.4 Å². The third-order valence-corrected chi connectivity index (χ3v) is 4.00. The number of hydrogen-bond donors (Lipinski definition) is 1. The largest absolute Gasteiger partial charge is 0.339 e. The van der Waals surface area contributed by atoms with E-state index < -0.39 is 0 Å². The summed E-state index contributed by atoms with van der Waals surface area (Å²) in [7, 11) is 0. The van der Waals surface area contributed by atoms with E-state index in [2.05, 4.69) is 15.5 Å². The highest BCUT2D eigenvalue weighted by molar-refractivity contribution is 6.42. The van der Waals surface area contributed by atoms with Gasteiger partial charge in [0.15, 0.2) is 0 Å². The van der Waals surface area contributed by atoms with E-state index in [9.17, 15) is 0 Å². The van der Waals surface area contributed by atoms with Crippen LogP contribution in [0.15, 0.2) is 22.7 Å².